The first-order valence-electron chi connectivity index (χ1n) is 5.71. The number of primary amides is 1. The molecular weight excluding hydrogens is 441 g/mol. The average Bonchev–Trinajstić information content (AvgIpc) is 2.91. The highest BCUT2D eigenvalue weighted by atomic mass is 127. The third-order valence-corrected chi connectivity index (χ3v) is 6.15. The lowest BCUT2D eigenvalue weighted by Crippen LogP contribution is -2.12. The number of aromatic nitrogens is 2. The number of amides is 1. The van der Waals surface area contributed by atoms with E-state index >= 15 is 0 Å². The fourth-order valence-electron chi connectivity index (χ4n) is 1.29. The monoisotopic (exact) mass is 451 g/mol. The summed E-state index contributed by atoms with van der Waals surface area (Å²) in [6, 6.07) is 7.45. The van der Waals surface area contributed by atoms with Gasteiger partial charge in [0, 0.05) is 9.13 Å². The Morgan fingerprint density at radius 2 is 1.67 bits per heavy atom. The smallest absolute Gasteiger partial charge is 0.227 e. The second-order valence-electron chi connectivity index (χ2n) is 3.81. The number of carbonyl (C=O) groups excluding carboxylic acids is 2. The number of nitrogens with two attached hydrogens (primary N) is 1. The van der Waals surface area contributed by atoms with Crippen molar-refractivity contribution in [3.05, 3.63) is 33.4 Å². The van der Waals surface area contributed by atoms with Crippen molar-refractivity contribution < 1.29 is 9.59 Å². The van der Waals surface area contributed by atoms with Crippen LogP contribution in [-0.4, -0.2) is 33.4 Å². The van der Waals surface area contributed by atoms with Gasteiger partial charge in [0.15, 0.2) is 14.5 Å². The molecular formula is C12H10IN3O2S3. The molecule has 9 heteroatoms. The molecule has 21 heavy (non-hydrogen) atoms. The number of thioether (sulfide) groups is 2. The molecule has 2 rings (SSSR count). The predicted octanol–water partition coefficient (Wildman–Crippen LogP) is 2.70. The van der Waals surface area contributed by atoms with E-state index in [2.05, 4.69) is 32.8 Å². The number of halogens is 1. The molecule has 0 radical (unpaired) electrons. The maximum Gasteiger partial charge on any atom is 0.227 e. The highest BCUT2D eigenvalue weighted by Crippen LogP contribution is 2.29. The summed E-state index contributed by atoms with van der Waals surface area (Å²) in [5, 5.41) is 7.92. The lowest BCUT2D eigenvalue weighted by molar-refractivity contribution is -0.115. The van der Waals surface area contributed by atoms with Crippen LogP contribution in [0.25, 0.3) is 0 Å². The van der Waals surface area contributed by atoms with Crippen LogP contribution in [0.1, 0.15) is 10.4 Å². The van der Waals surface area contributed by atoms with E-state index in [-0.39, 0.29) is 11.5 Å². The summed E-state index contributed by atoms with van der Waals surface area (Å²) in [4.78, 5) is 22.7. The molecule has 0 aliphatic carbocycles. The number of rotatable bonds is 7. The lowest BCUT2D eigenvalue weighted by atomic mass is 10.2. The Bertz CT molecular complexity index is 645. The largest absolute Gasteiger partial charge is 0.369 e. The maximum atomic E-state index is 12.0. The molecule has 0 fully saturated rings. The van der Waals surface area contributed by atoms with Crippen molar-refractivity contribution >= 4 is 69.1 Å². The van der Waals surface area contributed by atoms with Crippen LogP contribution in [0.15, 0.2) is 32.9 Å². The van der Waals surface area contributed by atoms with E-state index in [0.29, 0.717) is 20.0 Å². The van der Waals surface area contributed by atoms with Crippen LogP contribution in [0.2, 0.25) is 0 Å². The van der Waals surface area contributed by atoms with Crippen molar-refractivity contribution in [2.45, 2.75) is 8.68 Å². The van der Waals surface area contributed by atoms with Crippen LogP contribution in [0.3, 0.4) is 0 Å². The van der Waals surface area contributed by atoms with Crippen LogP contribution in [0, 0.1) is 3.57 Å². The van der Waals surface area contributed by atoms with Crippen molar-refractivity contribution in [1.29, 1.82) is 0 Å². The molecule has 5 nitrogen and oxygen atoms in total. The molecule has 0 atom stereocenters. The van der Waals surface area contributed by atoms with Crippen molar-refractivity contribution in [2.75, 3.05) is 11.5 Å². The van der Waals surface area contributed by atoms with E-state index in [1.54, 1.807) is 0 Å². The molecule has 0 spiro atoms. The van der Waals surface area contributed by atoms with Crippen LogP contribution >= 0.6 is 57.5 Å². The Hall–Kier alpha value is -0.650. The van der Waals surface area contributed by atoms with Crippen molar-refractivity contribution in [3.63, 3.8) is 0 Å². The van der Waals surface area contributed by atoms with E-state index in [0.717, 1.165) is 3.57 Å². The number of ketones is 1. The first kappa shape index (κ1) is 16.7. The highest BCUT2D eigenvalue weighted by Gasteiger charge is 2.11. The summed E-state index contributed by atoms with van der Waals surface area (Å²) in [7, 11) is 0. The molecule has 1 aromatic heterocycles. The zero-order valence-electron chi connectivity index (χ0n) is 10.6. The Balaban J connectivity index is 1.86. The third kappa shape index (κ3) is 5.57. The van der Waals surface area contributed by atoms with Crippen molar-refractivity contribution in [1.82, 2.24) is 10.2 Å². The first-order valence-corrected chi connectivity index (χ1v) is 9.57. The molecule has 1 aromatic carbocycles. The summed E-state index contributed by atoms with van der Waals surface area (Å²) in [5.41, 5.74) is 5.76. The second-order valence-corrected chi connectivity index (χ2v) is 8.48. The molecule has 2 N–H and O–H groups in total. The molecule has 0 unspecified atom stereocenters. The van der Waals surface area contributed by atoms with Gasteiger partial charge in [-0.1, -0.05) is 47.0 Å². The number of benzene rings is 1. The van der Waals surface area contributed by atoms with Gasteiger partial charge in [0.25, 0.3) is 0 Å². The second kappa shape index (κ2) is 8.11. The standard InChI is InChI=1S/C12H10IN3O2S3/c13-8-3-1-7(2-4-8)9(17)5-19-11-15-16-12(21-11)20-6-10(14)18/h1-4H,5-6H2,(H2,14,18). The van der Waals surface area contributed by atoms with Crippen molar-refractivity contribution in [3.8, 4) is 0 Å². The van der Waals surface area contributed by atoms with Gasteiger partial charge in [-0.15, -0.1) is 10.2 Å². The number of hydrogen-bond donors (Lipinski definition) is 1. The molecule has 0 aliphatic heterocycles. The van der Waals surface area contributed by atoms with E-state index < -0.39 is 5.91 Å². The van der Waals surface area contributed by atoms with Gasteiger partial charge in [-0.2, -0.15) is 0 Å². The zero-order chi connectivity index (χ0) is 15.2. The molecule has 1 amide bonds. The molecule has 2 aromatic rings. The van der Waals surface area contributed by atoms with Gasteiger partial charge >= 0.3 is 0 Å². The molecule has 110 valence electrons. The normalized spacial score (nSPS) is 10.5. The topological polar surface area (TPSA) is 85.9 Å². The van der Waals surface area contributed by atoms with Gasteiger partial charge < -0.3 is 5.73 Å². The minimum Gasteiger partial charge on any atom is -0.369 e. The first-order chi connectivity index (χ1) is 10.0. The van der Waals surface area contributed by atoms with Gasteiger partial charge in [-0.05, 0) is 34.7 Å². The van der Waals surface area contributed by atoms with Crippen LogP contribution in [0.4, 0.5) is 0 Å². The summed E-state index contributed by atoms with van der Waals surface area (Å²) in [6.45, 7) is 0. The molecule has 0 saturated heterocycles. The van der Waals surface area contributed by atoms with Gasteiger partial charge in [0.1, 0.15) is 0 Å². The molecule has 0 aliphatic rings. The number of Topliss-reactive ketones (excluding diaryl/α,β-unsaturated/α-hetero) is 1. The van der Waals surface area contributed by atoms with Gasteiger partial charge in [-0.3, -0.25) is 9.59 Å². The van der Waals surface area contributed by atoms with E-state index in [9.17, 15) is 9.59 Å². The summed E-state index contributed by atoms with van der Waals surface area (Å²) in [6.07, 6.45) is 0. The number of nitrogens with zero attached hydrogens (tertiary/aromatic N) is 2. The molecule has 0 bridgehead atoms. The van der Waals surface area contributed by atoms with Gasteiger partial charge in [0.05, 0.1) is 11.5 Å². The SMILES string of the molecule is NC(=O)CSc1nnc(SCC(=O)c2ccc(I)cc2)s1. The minimum atomic E-state index is -0.390. The Morgan fingerprint density at radius 1 is 1.10 bits per heavy atom. The number of hydrogen-bond acceptors (Lipinski definition) is 7. The Kier molecular flexibility index (Phi) is 6.45. The minimum absolute atomic E-state index is 0.0536. The highest BCUT2D eigenvalue weighted by molar-refractivity contribution is 14.1. The van der Waals surface area contributed by atoms with Crippen LogP contribution in [0.5, 0.6) is 0 Å². The van der Waals surface area contributed by atoms with E-state index in [1.807, 2.05) is 24.3 Å². The maximum absolute atomic E-state index is 12.0. The Labute approximate surface area is 147 Å². The van der Waals surface area contributed by atoms with Gasteiger partial charge in [-0.25, -0.2) is 0 Å². The number of carbonyl (C=O) groups is 2. The van der Waals surface area contributed by atoms with E-state index in [1.165, 1.54) is 34.9 Å². The van der Waals surface area contributed by atoms with Crippen molar-refractivity contribution in [2.24, 2.45) is 5.73 Å². The quantitative estimate of drug-likeness (QED) is 0.396. The zero-order valence-corrected chi connectivity index (χ0v) is 15.2. The van der Waals surface area contributed by atoms with Crippen LogP contribution in [-0.2, 0) is 4.79 Å². The van der Waals surface area contributed by atoms with Crippen LogP contribution < -0.4 is 5.73 Å². The summed E-state index contributed by atoms with van der Waals surface area (Å²) < 4.78 is 2.48. The average molecular weight is 451 g/mol. The fourth-order valence-corrected chi connectivity index (χ4v) is 4.31. The lowest BCUT2D eigenvalue weighted by Gasteiger charge is -1.99. The summed E-state index contributed by atoms with van der Waals surface area (Å²) >= 11 is 6.15. The molecule has 1 heterocycles. The Morgan fingerprint density at radius 3 is 2.24 bits per heavy atom. The van der Waals surface area contributed by atoms with E-state index in [4.69, 9.17) is 5.73 Å². The third-order valence-electron chi connectivity index (χ3n) is 2.22. The fraction of sp³-hybridized carbons (Fsp3) is 0.167. The predicted molar refractivity (Wildman–Crippen MR) is 94.0 cm³/mol. The van der Waals surface area contributed by atoms with Gasteiger partial charge in [0.2, 0.25) is 5.91 Å². The summed E-state index contributed by atoms with van der Waals surface area (Å²) in [5.74, 6) is 0.160. The molecule has 0 saturated carbocycles.